The summed E-state index contributed by atoms with van der Waals surface area (Å²) in [6, 6.07) is 0. The van der Waals surface area contributed by atoms with E-state index in [0.29, 0.717) is 5.28 Å². The smallest absolute Gasteiger partial charge is 0.236 e. The Hall–Kier alpha value is -0.350. The lowest BCUT2D eigenvalue weighted by atomic mass is 10.3. The molecule has 1 heterocycles. The predicted molar refractivity (Wildman–Crippen MR) is 60.1 cm³/mol. The fourth-order valence-electron chi connectivity index (χ4n) is 1.47. The van der Waals surface area contributed by atoms with Crippen LogP contribution in [0.5, 0.6) is 0 Å². The quantitative estimate of drug-likeness (QED) is 0.781. The van der Waals surface area contributed by atoms with Gasteiger partial charge in [-0.05, 0) is 36.8 Å². The van der Waals surface area contributed by atoms with E-state index in [1.54, 1.807) is 0 Å². The molecule has 0 N–H and O–H groups in total. The largest absolute Gasteiger partial charge is 0.347 e. The van der Waals surface area contributed by atoms with E-state index in [9.17, 15) is 0 Å². The van der Waals surface area contributed by atoms with Crippen molar-refractivity contribution in [2.24, 2.45) is 5.92 Å². The Morgan fingerprint density at radius 3 is 2.86 bits per heavy atom. The van der Waals surface area contributed by atoms with E-state index in [-0.39, 0.29) is 0 Å². The van der Waals surface area contributed by atoms with Gasteiger partial charge >= 0.3 is 0 Å². The van der Waals surface area contributed by atoms with E-state index in [4.69, 9.17) is 11.6 Å². The van der Waals surface area contributed by atoms with Crippen molar-refractivity contribution in [1.82, 2.24) is 9.36 Å². The number of hydrogen-bond donors (Lipinski definition) is 0. The molecule has 1 aromatic rings. The van der Waals surface area contributed by atoms with E-state index in [1.165, 1.54) is 24.4 Å². The molecule has 14 heavy (non-hydrogen) atoms. The van der Waals surface area contributed by atoms with Crippen LogP contribution in [0.25, 0.3) is 0 Å². The van der Waals surface area contributed by atoms with Crippen LogP contribution in [0.2, 0.25) is 5.28 Å². The Balaban J connectivity index is 2.00. The maximum absolute atomic E-state index is 5.72. The summed E-state index contributed by atoms with van der Waals surface area (Å²) in [7, 11) is 0. The highest BCUT2D eigenvalue weighted by Gasteiger charge is 2.25. The van der Waals surface area contributed by atoms with Crippen molar-refractivity contribution >= 4 is 28.3 Å². The number of rotatable bonds is 5. The summed E-state index contributed by atoms with van der Waals surface area (Å²) in [6.07, 6.45) is 3.88. The van der Waals surface area contributed by atoms with Crippen molar-refractivity contribution < 1.29 is 0 Å². The lowest BCUT2D eigenvalue weighted by Crippen LogP contribution is -2.26. The molecule has 0 atom stereocenters. The predicted octanol–water partition coefficient (Wildman–Crippen LogP) is 2.82. The van der Waals surface area contributed by atoms with Crippen LogP contribution in [0.4, 0.5) is 5.13 Å². The summed E-state index contributed by atoms with van der Waals surface area (Å²) < 4.78 is 4.00. The molecule has 1 aliphatic rings. The van der Waals surface area contributed by atoms with Gasteiger partial charge in [0.25, 0.3) is 0 Å². The highest BCUT2D eigenvalue weighted by Crippen LogP contribution is 2.32. The van der Waals surface area contributed by atoms with Crippen molar-refractivity contribution in [1.29, 1.82) is 0 Å². The van der Waals surface area contributed by atoms with E-state index in [1.807, 2.05) is 0 Å². The molecule has 1 fully saturated rings. The highest BCUT2D eigenvalue weighted by atomic mass is 35.5. The van der Waals surface area contributed by atoms with E-state index in [0.717, 1.165) is 30.6 Å². The van der Waals surface area contributed by atoms with Crippen LogP contribution < -0.4 is 4.90 Å². The second-order valence-corrected chi connectivity index (χ2v) is 4.80. The SMILES string of the molecule is CCCN(CC1CC1)c1nc(Cl)ns1. The van der Waals surface area contributed by atoms with Gasteiger partial charge in [0.15, 0.2) is 0 Å². The van der Waals surface area contributed by atoms with Crippen LogP contribution in [0.15, 0.2) is 0 Å². The maximum Gasteiger partial charge on any atom is 0.236 e. The third-order valence-electron chi connectivity index (χ3n) is 2.33. The average Bonchev–Trinajstić information content (AvgIpc) is 2.87. The molecule has 3 nitrogen and oxygen atoms in total. The second-order valence-electron chi connectivity index (χ2n) is 3.74. The van der Waals surface area contributed by atoms with Crippen LogP contribution in [0.3, 0.4) is 0 Å². The van der Waals surface area contributed by atoms with Gasteiger partial charge in [0.1, 0.15) is 0 Å². The minimum atomic E-state index is 0.377. The normalized spacial score (nSPS) is 15.9. The molecule has 0 bridgehead atoms. The zero-order valence-electron chi connectivity index (χ0n) is 8.24. The monoisotopic (exact) mass is 231 g/mol. The van der Waals surface area contributed by atoms with Gasteiger partial charge in [0, 0.05) is 24.6 Å². The first-order valence-electron chi connectivity index (χ1n) is 5.03. The molecule has 1 aliphatic carbocycles. The molecule has 0 amide bonds. The van der Waals surface area contributed by atoms with E-state index in [2.05, 4.69) is 21.2 Å². The molecule has 1 saturated carbocycles. The first kappa shape index (κ1) is 10.2. The maximum atomic E-state index is 5.72. The van der Waals surface area contributed by atoms with Crippen LogP contribution >= 0.6 is 23.1 Å². The number of aromatic nitrogens is 2. The van der Waals surface area contributed by atoms with Gasteiger partial charge in [-0.2, -0.15) is 9.36 Å². The molecule has 0 unspecified atom stereocenters. The second kappa shape index (κ2) is 4.45. The van der Waals surface area contributed by atoms with Crippen LogP contribution in [0.1, 0.15) is 26.2 Å². The lowest BCUT2D eigenvalue weighted by molar-refractivity contribution is 0.706. The molecule has 78 valence electrons. The van der Waals surface area contributed by atoms with E-state index < -0.39 is 0 Å². The Kier molecular flexibility index (Phi) is 3.23. The average molecular weight is 232 g/mol. The number of hydrogen-bond acceptors (Lipinski definition) is 4. The molecule has 0 aliphatic heterocycles. The van der Waals surface area contributed by atoms with Gasteiger partial charge in [-0.15, -0.1) is 0 Å². The molecule has 0 radical (unpaired) electrons. The highest BCUT2D eigenvalue weighted by molar-refractivity contribution is 7.10. The summed E-state index contributed by atoms with van der Waals surface area (Å²) in [4.78, 5) is 6.52. The Bertz CT molecular complexity index is 298. The molecular weight excluding hydrogens is 218 g/mol. The molecule has 2 rings (SSSR count). The number of nitrogens with zero attached hydrogens (tertiary/aromatic N) is 3. The zero-order valence-corrected chi connectivity index (χ0v) is 9.81. The fourth-order valence-corrected chi connectivity index (χ4v) is 2.31. The summed E-state index contributed by atoms with van der Waals surface area (Å²) in [5.41, 5.74) is 0. The summed E-state index contributed by atoms with van der Waals surface area (Å²) >= 11 is 7.12. The topological polar surface area (TPSA) is 29.0 Å². The standard InChI is InChI=1S/C9H14ClN3S/c1-2-5-13(6-7-3-4-7)9-11-8(10)12-14-9/h7H,2-6H2,1H3. The minimum Gasteiger partial charge on any atom is -0.347 e. The van der Waals surface area contributed by atoms with Gasteiger partial charge < -0.3 is 4.90 Å². The van der Waals surface area contributed by atoms with Crippen molar-refractivity contribution in [2.75, 3.05) is 18.0 Å². The van der Waals surface area contributed by atoms with Gasteiger partial charge in [-0.1, -0.05) is 6.92 Å². The number of halogens is 1. The van der Waals surface area contributed by atoms with Gasteiger partial charge in [0.2, 0.25) is 10.4 Å². The first-order chi connectivity index (χ1) is 6.79. The third-order valence-corrected chi connectivity index (χ3v) is 3.38. The molecule has 5 heteroatoms. The van der Waals surface area contributed by atoms with Crippen LogP contribution in [0, 0.1) is 5.92 Å². The lowest BCUT2D eigenvalue weighted by Gasteiger charge is -2.19. The molecule has 0 spiro atoms. The van der Waals surface area contributed by atoms with Crippen molar-refractivity contribution in [2.45, 2.75) is 26.2 Å². The Labute approximate surface area is 93.3 Å². The fraction of sp³-hybridized carbons (Fsp3) is 0.778. The zero-order chi connectivity index (χ0) is 9.97. The Morgan fingerprint density at radius 1 is 1.57 bits per heavy atom. The minimum absolute atomic E-state index is 0.377. The van der Waals surface area contributed by atoms with Gasteiger partial charge in [-0.3, -0.25) is 0 Å². The van der Waals surface area contributed by atoms with Crippen molar-refractivity contribution in [3.8, 4) is 0 Å². The van der Waals surface area contributed by atoms with Crippen molar-refractivity contribution in [3.63, 3.8) is 0 Å². The summed E-state index contributed by atoms with van der Waals surface area (Å²) in [5.74, 6) is 0.879. The van der Waals surface area contributed by atoms with Crippen LogP contribution in [-0.2, 0) is 0 Å². The van der Waals surface area contributed by atoms with Gasteiger partial charge in [-0.25, -0.2) is 0 Å². The number of anilines is 1. The molecule has 0 aromatic carbocycles. The van der Waals surface area contributed by atoms with Crippen LogP contribution in [-0.4, -0.2) is 22.4 Å². The molecular formula is C9H14ClN3S. The van der Waals surface area contributed by atoms with Crippen molar-refractivity contribution in [3.05, 3.63) is 5.28 Å². The Morgan fingerprint density at radius 2 is 2.36 bits per heavy atom. The molecule has 1 aromatic heterocycles. The summed E-state index contributed by atoms with van der Waals surface area (Å²) in [6.45, 7) is 4.37. The summed E-state index contributed by atoms with van der Waals surface area (Å²) in [5, 5.41) is 1.35. The first-order valence-corrected chi connectivity index (χ1v) is 6.19. The third kappa shape index (κ3) is 2.58. The van der Waals surface area contributed by atoms with Gasteiger partial charge in [0.05, 0.1) is 0 Å². The molecule has 0 saturated heterocycles. The van der Waals surface area contributed by atoms with E-state index >= 15 is 0 Å².